The maximum Gasteiger partial charge on any atom is 0.237 e. The summed E-state index contributed by atoms with van der Waals surface area (Å²) in [5.74, 6) is 0.852. The molecule has 2 heterocycles. The van der Waals surface area contributed by atoms with Crippen LogP contribution >= 0.6 is 0 Å². The molecule has 1 aromatic heterocycles. The number of nitrogens with zero attached hydrogens (tertiary/aromatic N) is 3. The van der Waals surface area contributed by atoms with Crippen LogP contribution in [-0.2, 0) is 16.0 Å². The second kappa shape index (κ2) is 8.73. The largest absolute Gasteiger partial charge is 0.353 e. The molecule has 28 heavy (non-hydrogen) atoms. The summed E-state index contributed by atoms with van der Waals surface area (Å²) < 4.78 is 0. The maximum atomic E-state index is 12.9. The van der Waals surface area contributed by atoms with Gasteiger partial charge >= 0.3 is 0 Å². The highest BCUT2D eigenvalue weighted by atomic mass is 16.2. The Morgan fingerprint density at radius 3 is 2.89 bits per heavy atom. The quantitative estimate of drug-likeness (QED) is 0.762. The van der Waals surface area contributed by atoms with Gasteiger partial charge in [0.05, 0.1) is 23.5 Å². The molecular formula is C21H31N5O2. The molecule has 2 aromatic rings. The van der Waals surface area contributed by atoms with Gasteiger partial charge in [0.25, 0.3) is 0 Å². The molecule has 0 spiro atoms. The third-order valence-electron chi connectivity index (χ3n) is 5.44. The predicted octanol–water partition coefficient (Wildman–Crippen LogP) is 1.86. The number of imidazole rings is 1. The van der Waals surface area contributed by atoms with Crippen LogP contribution in [0, 0.1) is 6.92 Å². The van der Waals surface area contributed by atoms with Gasteiger partial charge < -0.3 is 15.2 Å². The predicted molar refractivity (Wildman–Crippen MR) is 110 cm³/mol. The standard InChI is InChI=1S/C21H31N5O2/c1-5-25(10-8-19-23-16-7-6-15(4)12-17(16)24-19)20(27)13-18-21(28)22-9-11-26(18)14(2)3/h6-7,12,14,18H,5,8-11,13H2,1-4H3,(H,22,28)(H,23,24)/t18-/m1/s1. The van der Waals surface area contributed by atoms with Gasteiger partial charge in [0.15, 0.2) is 0 Å². The molecule has 0 radical (unpaired) electrons. The zero-order valence-electron chi connectivity index (χ0n) is 17.3. The Hall–Kier alpha value is -2.41. The first-order valence-corrected chi connectivity index (χ1v) is 10.2. The van der Waals surface area contributed by atoms with E-state index in [1.807, 2.05) is 24.0 Å². The van der Waals surface area contributed by atoms with Crippen LogP contribution in [-0.4, -0.2) is 69.8 Å². The minimum absolute atomic E-state index is 0.0159. The number of likely N-dealkylation sites (N-methyl/N-ethyl adjacent to an activating group) is 1. The maximum absolute atomic E-state index is 12.9. The second-order valence-electron chi connectivity index (χ2n) is 7.77. The van der Waals surface area contributed by atoms with E-state index in [0.717, 1.165) is 23.4 Å². The fraction of sp³-hybridized carbons (Fsp3) is 0.571. The van der Waals surface area contributed by atoms with Gasteiger partial charge in [0, 0.05) is 38.6 Å². The number of carbonyl (C=O) groups is 2. The second-order valence-corrected chi connectivity index (χ2v) is 7.77. The lowest BCUT2D eigenvalue weighted by Gasteiger charge is -2.38. The number of carbonyl (C=O) groups excluding carboxylic acids is 2. The molecule has 7 heteroatoms. The van der Waals surface area contributed by atoms with Gasteiger partial charge in [-0.2, -0.15) is 0 Å². The van der Waals surface area contributed by atoms with E-state index in [-0.39, 0.29) is 30.3 Å². The van der Waals surface area contributed by atoms with Crippen LogP contribution in [0.5, 0.6) is 0 Å². The molecule has 1 aromatic carbocycles. The minimum Gasteiger partial charge on any atom is -0.353 e. The number of piperazine rings is 1. The monoisotopic (exact) mass is 385 g/mol. The number of amides is 2. The van der Waals surface area contributed by atoms with E-state index in [1.54, 1.807) is 0 Å². The molecule has 152 valence electrons. The van der Waals surface area contributed by atoms with Gasteiger partial charge in [0.1, 0.15) is 5.82 Å². The van der Waals surface area contributed by atoms with E-state index in [9.17, 15) is 9.59 Å². The van der Waals surface area contributed by atoms with Crippen LogP contribution in [0.4, 0.5) is 0 Å². The van der Waals surface area contributed by atoms with Crippen LogP contribution in [0.15, 0.2) is 18.2 Å². The smallest absolute Gasteiger partial charge is 0.237 e. The highest BCUT2D eigenvalue weighted by molar-refractivity contribution is 5.89. The summed E-state index contributed by atoms with van der Waals surface area (Å²) in [4.78, 5) is 37.1. The number of benzene rings is 1. The number of nitrogens with one attached hydrogen (secondary N) is 2. The zero-order valence-corrected chi connectivity index (χ0v) is 17.3. The molecule has 1 aliphatic heterocycles. The number of hydrogen-bond acceptors (Lipinski definition) is 4. The van der Waals surface area contributed by atoms with Crippen molar-refractivity contribution in [3.8, 4) is 0 Å². The number of rotatable bonds is 7. The third kappa shape index (κ3) is 4.52. The van der Waals surface area contributed by atoms with Crippen LogP contribution in [0.1, 0.15) is 38.6 Å². The van der Waals surface area contributed by atoms with E-state index in [2.05, 4.69) is 47.0 Å². The molecular weight excluding hydrogens is 354 g/mol. The van der Waals surface area contributed by atoms with Gasteiger partial charge in [-0.15, -0.1) is 0 Å². The van der Waals surface area contributed by atoms with Crippen LogP contribution in [0.25, 0.3) is 11.0 Å². The fourth-order valence-electron chi connectivity index (χ4n) is 3.85. The first-order valence-electron chi connectivity index (χ1n) is 10.2. The van der Waals surface area contributed by atoms with Crippen molar-refractivity contribution in [3.05, 3.63) is 29.6 Å². The van der Waals surface area contributed by atoms with Gasteiger partial charge in [-0.25, -0.2) is 4.98 Å². The van der Waals surface area contributed by atoms with Gasteiger partial charge in [0.2, 0.25) is 11.8 Å². The van der Waals surface area contributed by atoms with Crippen molar-refractivity contribution in [3.63, 3.8) is 0 Å². The zero-order chi connectivity index (χ0) is 20.3. The van der Waals surface area contributed by atoms with Crippen molar-refractivity contribution in [2.75, 3.05) is 26.2 Å². The Bertz CT molecular complexity index is 844. The van der Waals surface area contributed by atoms with E-state index >= 15 is 0 Å². The minimum atomic E-state index is -0.385. The lowest BCUT2D eigenvalue weighted by molar-refractivity contribution is -0.139. The summed E-state index contributed by atoms with van der Waals surface area (Å²) >= 11 is 0. The molecule has 1 saturated heterocycles. The number of H-pyrrole nitrogens is 1. The average Bonchev–Trinajstić information content (AvgIpc) is 3.05. The van der Waals surface area contributed by atoms with E-state index in [0.29, 0.717) is 26.1 Å². The highest BCUT2D eigenvalue weighted by Gasteiger charge is 2.33. The van der Waals surface area contributed by atoms with E-state index < -0.39 is 0 Å². The lowest BCUT2D eigenvalue weighted by Crippen LogP contribution is -2.58. The summed E-state index contributed by atoms with van der Waals surface area (Å²) in [5, 5.41) is 2.89. The van der Waals surface area contributed by atoms with Crippen molar-refractivity contribution in [1.29, 1.82) is 0 Å². The van der Waals surface area contributed by atoms with Crippen molar-refractivity contribution in [2.24, 2.45) is 0 Å². The average molecular weight is 386 g/mol. The highest BCUT2D eigenvalue weighted by Crippen LogP contribution is 2.16. The van der Waals surface area contributed by atoms with Crippen LogP contribution in [0.3, 0.4) is 0 Å². The summed E-state index contributed by atoms with van der Waals surface area (Å²) in [6.45, 7) is 10.8. The molecule has 1 aliphatic rings. The van der Waals surface area contributed by atoms with Crippen LogP contribution < -0.4 is 5.32 Å². The first-order chi connectivity index (χ1) is 13.4. The Kier molecular flexibility index (Phi) is 6.34. The SMILES string of the molecule is CCN(CCc1nc2ccc(C)cc2[nH]1)C(=O)C[C@@H]1C(=O)NCCN1C(C)C. The van der Waals surface area contributed by atoms with Gasteiger partial charge in [-0.3, -0.25) is 14.5 Å². The Morgan fingerprint density at radius 2 is 2.18 bits per heavy atom. The van der Waals surface area contributed by atoms with Crippen LogP contribution in [0.2, 0.25) is 0 Å². The Balaban J connectivity index is 1.63. The molecule has 0 aliphatic carbocycles. The summed E-state index contributed by atoms with van der Waals surface area (Å²) in [6, 6.07) is 5.99. The summed E-state index contributed by atoms with van der Waals surface area (Å²) in [6.07, 6.45) is 0.884. The molecule has 1 fully saturated rings. The number of aromatic amines is 1. The molecule has 3 rings (SSSR count). The topological polar surface area (TPSA) is 81.3 Å². The molecule has 0 bridgehead atoms. The molecule has 7 nitrogen and oxygen atoms in total. The van der Waals surface area contributed by atoms with Crippen molar-refractivity contribution >= 4 is 22.8 Å². The van der Waals surface area contributed by atoms with Gasteiger partial charge in [-0.05, 0) is 45.4 Å². The van der Waals surface area contributed by atoms with Gasteiger partial charge in [-0.1, -0.05) is 6.07 Å². The van der Waals surface area contributed by atoms with Crippen molar-refractivity contribution < 1.29 is 9.59 Å². The Morgan fingerprint density at radius 1 is 1.39 bits per heavy atom. The molecule has 1 atom stereocenters. The van der Waals surface area contributed by atoms with E-state index in [1.165, 1.54) is 5.56 Å². The molecule has 0 unspecified atom stereocenters. The number of aromatic nitrogens is 2. The Labute approximate surface area is 166 Å². The third-order valence-corrected chi connectivity index (χ3v) is 5.44. The summed E-state index contributed by atoms with van der Waals surface area (Å²) in [7, 11) is 0. The van der Waals surface area contributed by atoms with Crippen molar-refractivity contribution in [2.45, 2.75) is 52.6 Å². The first kappa shape index (κ1) is 20.3. The summed E-state index contributed by atoms with van der Waals surface area (Å²) in [5.41, 5.74) is 3.16. The molecule has 2 N–H and O–H groups in total. The van der Waals surface area contributed by atoms with Crippen molar-refractivity contribution in [1.82, 2.24) is 25.1 Å². The fourth-order valence-corrected chi connectivity index (χ4v) is 3.85. The number of fused-ring (bicyclic) bond motifs is 1. The normalized spacial score (nSPS) is 17.9. The lowest BCUT2D eigenvalue weighted by atomic mass is 10.1. The van der Waals surface area contributed by atoms with E-state index in [4.69, 9.17) is 0 Å². The number of hydrogen-bond donors (Lipinski definition) is 2. The molecule has 0 saturated carbocycles. The molecule has 2 amide bonds. The number of aryl methyl sites for hydroxylation is 1.